The van der Waals surface area contributed by atoms with Crippen LogP contribution in [0.15, 0.2) is 0 Å². The third kappa shape index (κ3) is 16.2. The molecule has 16 heavy (non-hydrogen) atoms. The van der Waals surface area contributed by atoms with Crippen LogP contribution >= 0.6 is 0 Å². The van der Waals surface area contributed by atoms with Gasteiger partial charge < -0.3 is 25.1 Å². The Morgan fingerprint density at radius 1 is 0.688 bits per heavy atom. The van der Waals surface area contributed by atoms with Crippen LogP contribution in [0.5, 0.6) is 0 Å². The molecule has 5 nitrogen and oxygen atoms in total. The molecule has 0 aliphatic heterocycles. The van der Waals surface area contributed by atoms with Crippen molar-refractivity contribution in [3.63, 3.8) is 0 Å². The van der Waals surface area contributed by atoms with Crippen molar-refractivity contribution >= 4 is 0 Å². The Bertz CT molecular complexity index is 99.8. The van der Waals surface area contributed by atoms with E-state index < -0.39 is 0 Å². The van der Waals surface area contributed by atoms with E-state index in [-0.39, 0.29) is 19.8 Å². The molecule has 0 aromatic heterocycles. The van der Waals surface area contributed by atoms with E-state index in [9.17, 15) is 0 Å². The normalized spacial score (nSPS) is 10.5. The van der Waals surface area contributed by atoms with E-state index in [0.29, 0.717) is 13.1 Å². The molecule has 3 N–H and O–H groups in total. The predicted octanol–water partition coefficient (Wildman–Crippen LogP) is -0.777. The molecule has 0 atom stereocenters. The van der Waals surface area contributed by atoms with E-state index in [4.69, 9.17) is 15.3 Å². The lowest BCUT2D eigenvalue weighted by molar-refractivity contribution is 0.184. The lowest BCUT2D eigenvalue weighted by atomic mass is 10.4. The molecule has 5 heteroatoms. The number of hydrogen-bond donors (Lipinski definition) is 3. The number of hydrogen-bond acceptors (Lipinski definition) is 5. The van der Waals surface area contributed by atoms with Gasteiger partial charge in [-0.15, -0.1) is 0 Å². The van der Waals surface area contributed by atoms with Crippen LogP contribution in [0.25, 0.3) is 0 Å². The number of likely N-dealkylation sites (N-methyl/N-ethyl adjacent to an activating group) is 2. The summed E-state index contributed by atoms with van der Waals surface area (Å²) in [6.45, 7) is 5.90. The highest BCUT2D eigenvalue weighted by atomic mass is 16.3. The van der Waals surface area contributed by atoms with E-state index in [2.05, 4.69) is 11.8 Å². The van der Waals surface area contributed by atoms with Crippen molar-refractivity contribution < 1.29 is 15.3 Å². The van der Waals surface area contributed by atoms with Crippen molar-refractivity contribution in [3.05, 3.63) is 0 Å². The summed E-state index contributed by atoms with van der Waals surface area (Å²) in [4.78, 5) is 3.97. The molecule has 0 amide bonds. The minimum atomic E-state index is 0.163. The minimum absolute atomic E-state index is 0.163. The van der Waals surface area contributed by atoms with E-state index in [1.807, 2.05) is 19.0 Å². The molecular formula is C11H28N2O3. The third-order valence-corrected chi connectivity index (χ3v) is 2.05. The Balaban J connectivity index is 0. The molecule has 0 spiro atoms. The van der Waals surface area contributed by atoms with E-state index >= 15 is 0 Å². The fourth-order valence-electron chi connectivity index (χ4n) is 1.12. The standard InChI is InChI=1S/C6H15NO.C5H13NO2/c1-3-4-7(2)5-6-8;1-6(2-4-7)3-5-8/h8H,3-6H2,1-2H3;7-8H,2-5H2,1H3. The summed E-state index contributed by atoms with van der Waals surface area (Å²) in [6, 6.07) is 0. The zero-order chi connectivity index (χ0) is 12.8. The monoisotopic (exact) mass is 236 g/mol. The molecule has 0 saturated carbocycles. The molecule has 100 valence electrons. The van der Waals surface area contributed by atoms with Crippen LogP contribution in [0.4, 0.5) is 0 Å². The molecule has 0 rings (SSSR count). The summed E-state index contributed by atoms with van der Waals surface area (Å²) in [5.41, 5.74) is 0. The summed E-state index contributed by atoms with van der Waals surface area (Å²) in [5.74, 6) is 0. The second-order valence-electron chi connectivity index (χ2n) is 3.78. The lowest BCUT2D eigenvalue weighted by Crippen LogP contribution is -2.25. The highest BCUT2D eigenvalue weighted by Gasteiger charge is 1.92. The van der Waals surface area contributed by atoms with Gasteiger partial charge >= 0.3 is 0 Å². The van der Waals surface area contributed by atoms with Crippen LogP contribution < -0.4 is 0 Å². The fraction of sp³-hybridized carbons (Fsp3) is 1.00. The van der Waals surface area contributed by atoms with Gasteiger partial charge in [0.2, 0.25) is 0 Å². The zero-order valence-corrected chi connectivity index (χ0v) is 10.9. The first-order chi connectivity index (χ1) is 7.62. The number of aliphatic hydroxyl groups excluding tert-OH is 3. The highest BCUT2D eigenvalue weighted by Crippen LogP contribution is 1.82. The number of aliphatic hydroxyl groups is 3. The van der Waals surface area contributed by atoms with Crippen LogP contribution in [0.1, 0.15) is 13.3 Å². The lowest BCUT2D eigenvalue weighted by Gasteiger charge is -2.12. The van der Waals surface area contributed by atoms with Crippen LogP contribution in [-0.2, 0) is 0 Å². The van der Waals surface area contributed by atoms with Gasteiger partial charge in [0.1, 0.15) is 0 Å². The van der Waals surface area contributed by atoms with Crippen molar-refractivity contribution in [1.82, 2.24) is 9.80 Å². The van der Waals surface area contributed by atoms with Crippen molar-refractivity contribution in [1.29, 1.82) is 0 Å². The van der Waals surface area contributed by atoms with E-state index in [1.165, 1.54) is 0 Å². The SMILES string of the molecule is CCCN(C)CCO.CN(CCO)CCO. The van der Waals surface area contributed by atoms with Crippen LogP contribution in [0.2, 0.25) is 0 Å². The van der Waals surface area contributed by atoms with Gasteiger partial charge in [-0.25, -0.2) is 0 Å². The quantitative estimate of drug-likeness (QED) is 0.516. The number of rotatable bonds is 8. The summed E-state index contributed by atoms with van der Waals surface area (Å²) in [6.07, 6.45) is 1.16. The average Bonchev–Trinajstić information content (AvgIpc) is 2.20. The first-order valence-electron chi connectivity index (χ1n) is 5.82. The molecular weight excluding hydrogens is 208 g/mol. The summed E-state index contributed by atoms with van der Waals surface area (Å²) in [7, 11) is 3.87. The van der Waals surface area contributed by atoms with Crippen molar-refractivity contribution in [2.45, 2.75) is 13.3 Å². The van der Waals surface area contributed by atoms with Gasteiger partial charge in [0, 0.05) is 19.6 Å². The van der Waals surface area contributed by atoms with Gasteiger partial charge in [0.05, 0.1) is 19.8 Å². The summed E-state index contributed by atoms with van der Waals surface area (Å²) in [5, 5.41) is 25.1. The predicted molar refractivity (Wildman–Crippen MR) is 66.5 cm³/mol. The maximum atomic E-state index is 8.42. The fourth-order valence-corrected chi connectivity index (χ4v) is 1.12. The zero-order valence-electron chi connectivity index (χ0n) is 10.9. The molecule has 0 bridgehead atoms. The summed E-state index contributed by atoms with van der Waals surface area (Å²) < 4.78 is 0. The highest BCUT2D eigenvalue weighted by molar-refractivity contribution is 4.46. The van der Waals surface area contributed by atoms with E-state index in [1.54, 1.807) is 0 Å². The van der Waals surface area contributed by atoms with Gasteiger partial charge in [0.15, 0.2) is 0 Å². The summed E-state index contributed by atoms with van der Waals surface area (Å²) >= 11 is 0. The first kappa shape index (κ1) is 18.2. The Hall–Kier alpha value is -0.200. The van der Waals surface area contributed by atoms with Crippen LogP contribution in [0, 0.1) is 0 Å². The van der Waals surface area contributed by atoms with Crippen LogP contribution in [0.3, 0.4) is 0 Å². The molecule has 0 aromatic rings. The topological polar surface area (TPSA) is 67.2 Å². The third-order valence-electron chi connectivity index (χ3n) is 2.05. The van der Waals surface area contributed by atoms with Crippen molar-refractivity contribution in [2.75, 3.05) is 60.1 Å². The molecule has 0 radical (unpaired) electrons. The first-order valence-corrected chi connectivity index (χ1v) is 5.82. The minimum Gasteiger partial charge on any atom is -0.395 e. The molecule has 0 aliphatic carbocycles. The number of nitrogens with zero attached hydrogens (tertiary/aromatic N) is 2. The van der Waals surface area contributed by atoms with Crippen LogP contribution in [-0.4, -0.2) is 85.2 Å². The largest absolute Gasteiger partial charge is 0.395 e. The van der Waals surface area contributed by atoms with Gasteiger partial charge in [-0.2, -0.15) is 0 Å². The maximum absolute atomic E-state index is 8.42. The maximum Gasteiger partial charge on any atom is 0.0558 e. The van der Waals surface area contributed by atoms with Gasteiger partial charge in [-0.3, -0.25) is 0 Å². The average molecular weight is 236 g/mol. The molecule has 0 saturated heterocycles. The molecule has 0 fully saturated rings. The smallest absolute Gasteiger partial charge is 0.0558 e. The second kappa shape index (κ2) is 14.8. The molecule has 0 aromatic carbocycles. The van der Waals surface area contributed by atoms with Gasteiger partial charge in [-0.05, 0) is 27.1 Å². The van der Waals surface area contributed by atoms with Gasteiger partial charge in [0.25, 0.3) is 0 Å². The molecule has 0 unspecified atom stereocenters. The van der Waals surface area contributed by atoms with Crippen molar-refractivity contribution in [2.24, 2.45) is 0 Å². The molecule has 0 aliphatic rings. The second-order valence-corrected chi connectivity index (χ2v) is 3.78. The van der Waals surface area contributed by atoms with Gasteiger partial charge in [-0.1, -0.05) is 6.92 Å². The van der Waals surface area contributed by atoms with E-state index in [0.717, 1.165) is 19.5 Å². The Kier molecular flexibility index (Phi) is 16.8. The Morgan fingerprint density at radius 3 is 1.25 bits per heavy atom. The molecule has 0 heterocycles. The Labute approximate surface area is 99.3 Å². The Morgan fingerprint density at radius 2 is 1.00 bits per heavy atom. The van der Waals surface area contributed by atoms with Crippen molar-refractivity contribution in [3.8, 4) is 0 Å².